The molecule has 1 aromatic heterocycles. The van der Waals surface area contributed by atoms with E-state index in [1.54, 1.807) is 6.07 Å². The highest BCUT2D eigenvalue weighted by atomic mass is 19.4. The lowest BCUT2D eigenvalue weighted by Gasteiger charge is -2.06. The molecule has 0 unspecified atom stereocenters. The smallest absolute Gasteiger partial charge is 0.416 e. The number of halogens is 4. The molecule has 0 aliphatic carbocycles. The van der Waals surface area contributed by atoms with Gasteiger partial charge in [0.15, 0.2) is 5.69 Å². The molecule has 0 saturated heterocycles. The molecule has 1 N–H and O–H groups in total. The number of aliphatic imine (C=N–C) groups is 1. The molecule has 0 amide bonds. The molecule has 0 saturated carbocycles. The van der Waals surface area contributed by atoms with E-state index in [4.69, 9.17) is 4.42 Å². The van der Waals surface area contributed by atoms with E-state index in [9.17, 15) is 22.7 Å². The van der Waals surface area contributed by atoms with Crippen molar-refractivity contribution in [2.24, 2.45) is 4.99 Å². The number of aromatic hydroxyl groups is 1. The molecule has 128 valence electrons. The van der Waals surface area contributed by atoms with E-state index >= 15 is 0 Å². The van der Waals surface area contributed by atoms with Gasteiger partial charge in [-0.3, -0.25) is 4.99 Å². The molecular formula is C17H10F4N2O2. The molecule has 0 aliphatic rings. The highest BCUT2D eigenvalue weighted by molar-refractivity contribution is 5.83. The van der Waals surface area contributed by atoms with E-state index in [2.05, 4.69) is 9.98 Å². The second-order valence-electron chi connectivity index (χ2n) is 5.00. The van der Waals surface area contributed by atoms with Crippen LogP contribution in [0.25, 0.3) is 11.5 Å². The Balaban J connectivity index is 1.89. The van der Waals surface area contributed by atoms with Crippen LogP contribution < -0.4 is 0 Å². The van der Waals surface area contributed by atoms with Crippen LogP contribution in [0.3, 0.4) is 0 Å². The number of oxazole rings is 1. The average Bonchev–Trinajstić information content (AvgIpc) is 2.93. The topological polar surface area (TPSA) is 58.6 Å². The minimum absolute atomic E-state index is 0.0182. The van der Waals surface area contributed by atoms with Gasteiger partial charge in [-0.2, -0.15) is 13.2 Å². The zero-order chi connectivity index (χ0) is 18.0. The Kier molecular flexibility index (Phi) is 4.26. The van der Waals surface area contributed by atoms with Crippen molar-refractivity contribution in [3.63, 3.8) is 0 Å². The number of hydrogen-bond acceptors (Lipinski definition) is 4. The Morgan fingerprint density at radius 3 is 2.56 bits per heavy atom. The summed E-state index contributed by atoms with van der Waals surface area (Å²) in [6.07, 6.45) is -3.45. The molecule has 25 heavy (non-hydrogen) atoms. The van der Waals surface area contributed by atoms with Crippen molar-refractivity contribution in [2.45, 2.75) is 6.18 Å². The van der Waals surface area contributed by atoms with E-state index in [-0.39, 0.29) is 22.8 Å². The molecule has 4 nitrogen and oxygen atoms in total. The Morgan fingerprint density at radius 1 is 1.08 bits per heavy atom. The number of rotatable bonds is 3. The summed E-state index contributed by atoms with van der Waals surface area (Å²) in [5.74, 6) is -1.37. The van der Waals surface area contributed by atoms with Crippen LogP contribution in [0.2, 0.25) is 0 Å². The third-order valence-electron chi connectivity index (χ3n) is 3.25. The SMILES string of the molecule is Oc1oc(-c2ccccc2F)nc1C=Nc1cccc(C(F)(F)F)c1. The lowest BCUT2D eigenvalue weighted by atomic mass is 10.2. The third kappa shape index (κ3) is 3.68. The van der Waals surface area contributed by atoms with E-state index < -0.39 is 23.5 Å². The zero-order valence-electron chi connectivity index (χ0n) is 12.5. The fourth-order valence-corrected chi connectivity index (χ4v) is 2.06. The van der Waals surface area contributed by atoms with E-state index in [1.807, 2.05) is 0 Å². The number of aromatic nitrogens is 1. The van der Waals surface area contributed by atoms with E-state index in [0.717, 1.165) is 18.3 Å². The summed E-state index contributed by atoms with van der Waals surface area (Å²) in [7, 11) is 0. The molecule has 0 spiro atoms. The van der Waals surface area contributed by atoms with Gasteiger partial charge in [-0.1, -0.05) is 18.2 Å². The van der Waals surface area contributed by atoms with Crippen molar-refractivity contribution in [3.8, 4) is 17.4 Å². The van der Waals surface area contributed by atoms with Gasteiger partial charge in [-0.15, -0.1) is 0 Å². The van der Waals surface area contributed by atoms with Gasteiger partial charge in [0.25, 0.3) is 0 Å². The van der Waals surface area contributed by atoms with Gasteiger partial charge in [0.05, 0.1) is 23.0 Å². The van der Waals surface area contributed by atoms with Crippen LogP contribution in [-0.2, 0) is 6.18 Å². The molecule has 0 bridgehead atoms. The lowest BCUT2D eigenvalue weighted by molar-refractivity contribution is -0.137. The highest BCUT2D eigenvalue weighted by Gasteiger charge is 2.30. The van der Waals surface area contributed by atoms with Crippen molar-refractivity contribution in [3.05, 3.63) is 65.6 Å². The first-order valence-corrected chi connectivity index (χ1v) is 7.00. The normalized spacial score (nSPS) is 12.0. The van der Waals surface area contributed by atoms with Gasteiger partial charge < -0.3 is 9.52 Å². The maximum atomic E-state index is 13.7. The first-order valence-electron chi connectivity index (χ1n) is 7.00. The van der Waals surface area contributed by atoms with Crippen LogP contribution in [0.5, 0.6) is 5.95 Å². The standard InChI is InChI=1S/C17H10F4N2O2/c18-13-7-2-1-6-12(13)15-23-14(16(24)25-15)9-22-11-5-3-4-10(8-11)17(19,20)21/h1-9,24H. The first kappa shape index (κ1) is 16.7. The van der Waals surface area contributed by atoms with Crippen LogP contribution in [-0.4, -0.2) is 16.3 Å². The molecule has 8 heteroatoms. The fraction of sp³-hybridized carbons (Fsp3) is 0.0588. The van der Waals surface area contributed by atoms with E-state index in [0.29, 0.717) is 0 Å². The lowest BCUT2D eigenvalue weighted by Crippen LogP contribution is -2.03. The number of benzene rings is 2. The van der Waals surface area contributed by atoms with Gasteiger partial charge in [0.1, 0.15) is 5.82 Å². The first-order chi connectivity index (χ1) is 11.8. The van der Waals surface area contributed by atoms with Crippen molar-refractivity contribution < 1.29 is 27.1 Å². The average molecular weight is 350 g/mol. The summed E-state index contributed by atoms with van der Waals surface area (Å²) < 4.78 is 56.7. The summed E-state index contributed by atoms with van der Waals surface area (Å²) in [4.78, 5) is 7.74. The van der Waals surface area contributed by atoms with Gasteiger partial charge in [-0.25, -0.2) is 9.37 Å². The summed E-state index contributed by atoms with van der Waals surface area (Å²) in [5.41, 5.74) is -0.921. The summed E-state index contributed by atoms with van der Waals surface area (Å²) >= 11 is 0. The maximum absolute atomic E-state index is 13.7. The fourth-order valence-electron chi connectivity index (χ4n) is 2.06. The Labute approximate surface area is 139 Å². The van der Waals surface area contributed by atoms with Gasteiger partial charge in [0, 0.05) is 0 Å². The van der Waals surface area contributed by atoms with E-state index in [1.165, 1.54) is 30.3 Å². The molecule has 0 aliphatic heterocycles. The summed E-state index contributed by atoms with van der Waals surface area (Å²) in [6.45, 7) is 0. The molecule has 0 radical (unpaired) electrons. The Bertz CT molecular complexity index is 932. The molecule has 0 atom stereocenters. The summed E-state index contributed by atoms with van der Waals surface area (Å²) in [5, 5.41) is 9.72. The Hall–Kier alpha value is -3.16. The number of hydrogen-bond donors (Lipinski definition) is 1. The molecular weight excluding hydrogens is 340 g/mol. The van der Waals surface area contributed by atoms with Crippen molar-refractivity contribution in [1.29, 1.82) is 0 Å². The quantitative estimate of drug-likeness (QED) is 0.537. The van der Waals surface area contributed by atoms with Crippen LogP contribution in [0.4, 0.5) is 23.2 Å². The predicted molar refractivity (Wildman–Crippen MR) is 82.3 cm³/mol. The van der Waals surface area contributed by atoms with Crippen LogP contribution >= 0.6 is 0 Å². The molecule has 1 heterocycles. The second kappa shape index (κ2) is 6.39. The monoisotopic (exact) mass is 350 g/mol. The maximum Gasteiger partial charge on any atom is 0.416 e. The van der Waals surface area contributed by atoms with Crippen molar-refractivity contribution in [1.82, 2.24) is 4.98 Å². The second-order valence-corrected chi connectivity index (χ2v) is 5.00. The number of nitrogens with zero attached hydrogens (tertiary/aromatic N) is 2. The van der Waals surface area contributed by atoms with Gasteiger partial charge >= 0.3 is 12.1 Å². The highest BCUT2D eigenvalue weighted by Crippen LogP contribution is 2.32. The Morgan fingerprint density at radius 2 is 1.84 bits per heavy atom. The van der Waals surface area contributed by atoms with Crippen LogP contribution in [0.15, 0.2) is 57.9 Å². The van der Waals surface area contributed by atoms with Crippen molar-refractivity contribution in [2.75, 3.05) is 0 Å². The summed E-state index contributed by atoms with van der Waals surface area (Å²) in [6, 6.07) is 10.0. The molecule has 3 aromatic rings. The minimum Gasteiger partial charge on any atom is -0.479 e. The van der Waals surface area contributed by atoms with Gasteiger partial charge in [0.2, 0.25) is 5.89 Å². The number of alkyl halides is 3. The van der Waals surface area contributed by atoms with Crippen molar-refractivity contribution >= 4 is 11.9 Å². The molecule has 0 fully saturated rings. The van der Waals surface area contributed by atoms with Crippen LogP contribution in [0, 0.1) is 5.82 Å². The molecule has 3 rings (SSSR count). The van der Waals surface area contributed by atoms with Crippen LogP contribution in [0.1, 0.15) is 11.3 Å². The third-order valence-corrected chi connectivity index (χ3v) is 3.25. The minimum atomic E-state index is -4.49. The predicted octanol–water partition coefficient (Wildman–Crippen LogP) is 4.96. The zero-order valence-corrected chi connectivity index (χ0v) is 12.5. The largest absolute Gasteiger partial charge is 0.479 e. The van der Waals surface area contributed by atoms with Gasteiger partial charge in [-0.05, 0) is 30.3 Å². The molecule has 2 aromatic carbocycles.